The fourth-order valence-electron chi connectivity index (χ4n) is 1.30. The van der Waals surface area contributed by atoms with E-state index >= 15 is 0 Å². The molecular formula is C11H21BrOSi. The molecule has 1 atom stereocenters. The molecule has 14 heavy (non-hydrogen) atoms. The van der Waals surface area contributed by atoms with Gasteiger partial charge < -0.3 is 4.43 Å². The van der Waals surface area contributed by atoms with Crippen molar-refractivity contribution < 1.29 is 4.43 Å². The van der Waals surface area contributed by atoms with E-state index in [9.17, 15) is 0 Å². The van der Waals surface area contributed by atoms with Gasteiger partial charge in [0, 0.05) is 0 Å². The largest absolute Gasteiger partial charge is 0.411 e. The Balaban J connectivity index is 2.60. The minimum atomic E-state index is -1.56. The molecule has 0 aromatic heterocycles. The summed E-state index contributed by atoms with van der Waals surface area (Å²) in [5.41, 5.74) is 0. The van der Waals surface area contributed by atoms with Crippen molar-refractivity contribution >= 4 is 24.2 Å². The maximum absolute atomic E-state index is 6.27. The number of allylic oxidation sites excluding steroid dienone is 1. The van der Waals surface area contributed by atoms with E-state index < -0.39 is 8.32 Å². The van der Waals surface area contributed by atoms with Crippen molar-refractivity contribution in [2.45, 2.75) is 57.8 Å². The maximum atomic E-state index is 6.27. The third-order valence-electron chi connectivity index (χ3n) is 3.29. The van der Waals surface area contributed by atoms with Crippen molar-refractivity contribution in [2.75, 3.05) is 0 Å². The van der Waals surface area contributed by atoms with Gasteiger partial charge in [0.25, 0.3) is 0 Å². The van der Waals surface area contributed by atoms with Gasteiger partial charge in [0.2, 0.25) is 0 Å². The van der Waals surface area contributed by atoms with E-state index in [0.29, 0.717) is 11.1 Å². The molecule has 82 valence electrons. The van der Waals surface area contributed by atoms with Crippen LogP contribution in [0.25, 0.3) is 0 Å². The monoisotopic (exact) mass is 276 g/mol. The molecule has 0 radical (unpaired) electrons. The topological polar surface area (TPSA) is 9.23 Å². The van der Waals surface area contributed by atoms with Gasteiger partial charge in [-0.05, 0) is 41.5 Å². The fraction of sp³-hybridized carbons (Fsp3) is 0.818. The van der Waals surface area contributed by atoms with E-state index in [4.69, 9.17) is 4.43 Å². The molecule has 1 aliphatic rings. The maximum Gasteiger partial charge on any atom is 0.192 e. The highest BCUT2D eigenvalue weighted by molar-refractivity contribution is 9.11. The van der Waals surface area contributed by atoms with Crippen molar-refractivity contribution in [3.05, 3.63) is 10.6 Å². The fourth-order valence-corrected chi connectivity index (χ4v) is 3.12. The van der Waals surface area contributed by atoms with Crippen LogP contribution in [0.4, 0.5) is 0 Å². The molecule has 3 heteroatoms. The first-order valence-electron chi connectivity index (χ1n) is 5.26. The van der Waals surface area contributed by atoms with Crippen LogP contribution in [0.1, 0.15) is 33.6 Å². The molecule has 1 rings (SSSR count). The minimum Gasteiger partial charge on any atom is -0.411 e. The SMILES string of the molecule is CC(C)(C)[Si](C)(C)O[C@@H]1C=C(Br)CC1. The van der Waals surface area contributed by atoms with Crippen molar-refractivity contribution in [1.29, 1.82) is 0 Å². The van der Waals surface area contributed by atoms with Crippen LogP contribution in [0, 0.1) is 0 Å². The second-order valence-corrected chi connectivity index (χ2v) is 11.3. The normalized spacial score (nSPS) is 23.9. The summed E-state index contributed by atoms with van der Waals surface area (Å²) in [4.78, 5) is 0. The van der Waals surface area contributed by atoms with E-state index in [1.54, 1.807) is 0 Å². The van der Waals surface area contributed by atoms with Gasteiger partial charge in [-0.1, -0.05) is 36.7 Å². The molecule has 0 spiro atoms. The molecule has 1 aliphatic carbocycles. The van der Waals surface area contributed by atoms with Gasteiger partial charge >= 0.3 is 0 Å². The van der Waals surface area contributed by atoms with E-state index in [1.807, 2.05) is 0 Å². The molecule has 0 heterocycles. The van der Waals surface area contributed by atoms with Gasteiger partial charge in [-0.2, -0.15) is 0 Å². The van der Waals surface area contributed by atoms with Gasteiger partial charge in [-0.15, -0.1) is 0 Å². The molecule has 0 saturated carbocycles. The smallest absolute Gasteiger partial charge is 0.192 e. The van der Waals surface area contributed by atoms with Crippen molar-refractivity contribution in [2.24, 2.45) is 0 Å². The Hall–Kier alpha value is 0.397. The summed E-state index contributed by atoms with van der Waals surface area (Å²) < 4.78 is 7.57. The molecule has 0 aromatic rings. The predicted octanol–water partition coefficient (Wildman–Crippen LogP) is 4.45. The summed E-state index contributed by atoms with van der Waals surface area (Å²) in [6.07, 6.45) is 4.86. The van der Waals surface area contributed by atoms with Gasteiger partial charge in [-0.25, -0.2) is 0 Å². The zero-order valence-electron chi connectivity index (χ0n) is 9.86. The number of hydrogen-bond acceptors (Lipinski definition) is 1. The lowest BCUT2D eigenvalue weighted by atomic mass is 10.2. The second-order valence-electron chi connectivity index (χ2n) is 5.57. The highest BCUT2D eigenvalue weighted by Gasteiger charge is 2.39. The Morgan fingerprint density at radius 2 is 2.00 bits per heavy atom. The minimum absolute atomic E-state index is 0.315. The van der Waals surface area contributed by atoms with E-state index in [2.05, 4.69) is 55.9 Å². The summed E-state index contributed by atoms with van der Waals surface area (Å²) >= 11 is 3.53. The van der Waals surface area contributed by atoms with Crippen LogP contribution in [-0.2, 0) is 4.43 Å². The van der Waals surface area contributed by atoms with Gasteiger partial charge in [0.05, 0.1) is 6.10 Å². The molecule has 0 amide bonds. The molecule has 0 bridgehead atoms. The van der Waals surface area contributed by atoms with Crippen LogP contribution in [0.3, 0.4) is 0 Å². The lowest BCUT2D eigenvalue weighted by Crippen LogP contribution is -2.43. The van der Waals surface area contributed by atoms with Crippen molar-refractivity contribution in [3.8, 4) is 0 Å². The van der Waals surface area contributed by atoms with Gasteiger partial charge in [0.15, 0.2) is 8.32 Å². The summed E-state index contributed by atoms with van der Waals surface area (Å²) in [5.74, 6) is 0. The quantitative estimate of drug-likeness (QED) is 0.678. The van der Waals surface area contributed by atoms with Crippen LogP contribution in [-0.4, -0.2) is 14.4 Å². The molecule has 0 unspecified atom stereocenters. The van der Waals surface area contributed by atoms with Gasteiger partial charge in [0.1, 0.15) is 0 Å². The predicted molar refractivity (Wildman–Crippen MR) is 68.3 cm³/mol. The average molecular weight is 277 g/mol. The zero-order chi connectivity index (χ0) is 11.0. The summed E-state index contributed by atoms with van der Waals surface area (Å²) in [7, 11) is -1.56. The Morgan fingerprint density at radius 1 is 1.43 bits per heavy atom. The first-order valence-corrected chi connectivity index (χ1v) is 8.96. The molecule has 1 nitrogen and oxygen atoms in total. The third-order valence-corrected chi connectivity index (χ3v) is 8.45. The standard InChI is InChI=1S/C11H21BrOSi/c1-11(2,3)14(4,5)13-10-7-6-9(12)8-10/h8,10H,6-7H2,1-5H3/t10-/m0/s1. The van der Waals surface area contributed by atoms with Crippen LogP contribution in [0.2, 0.25) is 18.1 Å². The lowest BCUT2D eigenvalue weighted by molar-refractivity contribution is 0.224. The summed E-state index contributed by atoms with van der Waals surface area (Å²) in [6.45, 7) is 11.5. The molecular weight excluding hydrogens is 256 g/mol. The average Bonchev–Trinajstić information content (AvgIpc) is 2.31. The number of halogens is 1. The van der Waals surface area contributed by atoms with Gasteiger partial charge in [-0.3, -0.25) is 0 Å². The molecule has 0 N–H and O–H groups in total. The Bertz CT molecular complexity index is 240. The summed E-state index contributed by atoms with van der Waals surface area (Å²) in [6, 6.07) is 0. The molecule has 0 aliphatic heterocycles. The number of hydrogen-bond donors (Lipinski definition) is 0. The third kappa shape index (κ3) is 2.94. The second kappa shape index (κ2) is 4.10. The van der Waals surface area contributed by atoms with Crippen LogP contribution < -0.4 is 0 Å². The molecule has 0 fully saturated rings. The summed E-state index contributed by atoms with van der Waals surface area (Å²) in [5, 5.41) is 0.315. The first kappa shape index (κ1) is 12.5. The zero-order valence-corrected chi connectivity index (χ0v) is 12.4. The van der Waals surface area contributed by atoms with E-state index in [-0.39, 0.29) is 0 Å². The van der Waals surface area contributed by atoms with Crippen LogP contribution in [0.15, 0.2) is 10.6 Å². The van der Waals surface area contributed by atoms with Crippen molar-refractivity contribution in [1.82, 2.24) is 0 Å². The number of rotatable bonds is 2. The van der Waals surface area contributed by atoms with Crippen molar-refractivity contribution in [3.63, 3.8) is 0 Å². The highest BCUT2D eigenvalue weighted by atomic mass is 79.9. The first-order chi connectivity index (χ1) is 6.22. The Labute approximate surface area is 97.2 Å². The molecule has 0 saturated heterocycles. The van der Waals surface area contributed by atoms with E-state index in [1.165, 1.54) is 4.48 Å². The van der Waals surface area contributed by atoms with Crippen LogP contribution in [0.5, 0.6) is 0 Å². The van der Waals surface area contributed by atoms with Crippen LogP contribution >= 0.6 is 15.9 Å². The molecule has 0 aromatic carbocycles. The highest BCUT2D eigenvalue weighted by Crippen LogP contribution is 2.39. The lowest BCUT2D eigenvalue weighted by Gasteiger charge is -2.38. The Kier molecular flexibility index (Phi) is 3.65. The van der Waals surface area contributed by atoms with E-state index in [0.717, 1.165) is 12.8 Å². The Morgan fingerprint density at radius 3 is 2.36 bits per heavy atom.